The van der Waals surface area contributed by atoms with Gasteiger partial charge in [-0.15, -0.1) is 0 Å². The number of hydrogen-bond donors (Lipinski definition) is 0. The normalized spacial score (nSPS) is 24.8. The van der Waals surface area contributed by atoms with Crippen LogP contribution in [0.1, 0.15) is 0 Å². The molecule has 0 spiro atoms. The fourth-order valence-corrected chi connectivity index (χ4v) is 1.15. The summed E-state index contributed by atoms with van der Waals surface area (Å²) in [5, 5.41) is 14.0. The summed E-state index contributed by atoms with van der Waals surface area (Å²) in [5.41, 5.74) is 0. The van der Waals surface area contributed by atoms with Gasteiger partial charge >= 0.3 is 0 Å². The van der Waals surface area contributed by atoms with Crippen molar-refractivity contribution in [1.82, 2.24) is 8.12 Å². The quantitative estimate of drug-likeness (QED) is 0.451. The summed E-state index contributed by atoms with van der Waals surface area (Å²) in [6.45, 7) is 0. The zero-order valence-electron chi connectivity index (χ0n) is 4.82. The molecule has 0 N–H and O–H groups in total. The zero-order chi connectivity index (χ0) is 6.85. The maximum Gasteiger partial charge on any atom is 0.215 e. The summed E-state index contributed by atoms with van der Waals surface area (Å²) in [5.74, 6) is 0. The van der Waals surface area contributed by atoms with Crippen molar-refractivity contribution < 1.29 is 0 Å². The Kier molecular flexibility index (Phi) is 1.75. The van der Waals surface area contributed by atoms with E-state index in [1.807, 2.05) is 22.9 Å². The van der Waals surface area contributed by atoms with Gasteiger partial charge in [0.1, 0.15) is 12.4 Å². The second-order valence-corrected chi connectivity index (χ2v) is 2.77. The van der Waals surface area contributed by atoms with Gasteiger partial charge in [0.05, 0.1) is 22.9 Å². The third-order valence-corrected chi connectivity index (χ3v) is 1.82. The van der Waals surface area contributed by atoms with Crippen LogP contribution in [0.15, 0.2) is 5.10 Å². The van der Waals surface area contributed by atoms with E-state index in [0.29, 0.717) is 0 Å². The van der Waals surface area contributed by atoms with Crippen LogP contribution in [0, 0.1) is 11.3 Å². The first-order valence-corrected chi connectivity index (χ1v) is 3.33. The number of nitrogens with zero attached hydrogens (tertiary/aromatic N) is 4. The molecule has 5 heteroatoms. The molecule has 0 aliphatic carbocycles. The molecule has 1 aliphatic heterocycles. The third-order valence-electron chi connectivity index (χ3n) is 1.05. The van der Waals surface area contributed by atoms with Crippen molar-refractivity contribution in [2.24, 2.45) is 5.10 Å². The molecular formula is C4H5IN4. The van der Waals surface area contributed by atoms with Crippen molar-refractivity contribution in [3.8, 4) is 6.07 Å². The molecular weight excluding hydrogens is 231 g/mol. The monoisotopic (exact) mass is 236 g/mol. The van der Waals surface area contributed by atoms with Crippen LogP contribution in [0.4, 0.5) is 0 Å². The lowest BCUT2D eigenvalue weighted by Gasteiger charge is -2.14. The molecule has 48 valence electrons. The molecule has 0 aromatic heterocycles. The maximum absolute atomic E-state index is 8.49. The molecule has 1 aliphatic rings. The third kappa shape index (κ3) is 1.08. The van der Waals surface area contributed by atoms with Crippen LogP contribution in [0.2, 0.25) is 0 Å². The van der Waals surface area contributed by atoms with Crippen molar-refractivity contribution in [2.75, 3.05) is 7.05 Å². The van der Waals surface area contributed by atoms with E-state index in [-0.39, 0.29) is 6.17 Å². The molecule has 9 heavy (non-hydrogen) atoms. The highest BCUT2D eigenvalue weighted by atomic mass is 127. The summed E-state index contributed by atoms with van der Waals surface area (Å²) in [7, 11) is 1.77. The van der Waals surface area contributed by atoms with E-state index in [2.05, 4.69) is 11.2 Å². The Bertz CT molecular complexity index is 160. The van der Waals surface area contributed by atoms with E-state index in [1.165, 1.54) is 0 Å². The summed E-state index contributed by atoms with van der Waals surface area (Å²) >= 11 is 2.03. The summed E-state index contributed by atoms with van der Waals surface area (Å²) in [6.07, 6.45) is 1.39. The van der Waals surface area contributed by atoms with Crippen molar-refractivity contribution in [3.05, 3.63) is 0 Å². The number of rotatable bonds is 0. The van der Waals surface area contributed by atoms with Crippen molar-refractivity contribution in [2.45, 2.75) is 6.17 Å². The Labute approximate surface area is 67.2 Å². The van der Waals surface area contributed by atoms with Crippen molar-refractivity contribution >= 4 is 29.2 Å². The maximum atomic E-state index is 8.49. The van der Waals surface area contributed by atoms with Gasteiger partial charge in [0.2, 0.25) is 6.17 Å². The van der Waals surface area contributed by atoms with E-state index >= 15 is 0 Å². The van der Waals surface area contributed by atoms with Crippen LogP contribution in [-0.4, -0.2) is 27.7 Å². The van der Waals surface area contributed by atoms with Crippen LogP contribution in [0.25, 0.3) is 0 Å². The molecule has 1 unspecified atom stereocenters. The summed E-state index contributed by atoms with van der Waals surface area (Å²) < 4.78 is 1.72. The average Bonchev–Trinajstić information content (AvgIpc) is 2.12. The van der Waals surface area contributed by atoms with Gasteiger partial charge in [0.15, 0.2) is 0 Å². The lowest BCUT2D eigenvalue weighted by molar-refractivity contribution is 0.286. The lowest BCUT2D eigenvalue weighted by Crippen LogP contribution is -2.29. The standard InChI is InChI=1S/C4H5IN4/c1-8-4(2-6)9(5)3-7-8/h3-4H,1H3. The predicted molar refractivity (Wildman–Crippen MR) is 41.5 cm³/mol. The average molecular weight is 236 g/mol. The van der Waals surface area contributed by atoms with Crippen LogP contribution in [0.5, 0.6) is 0 Å². The number of halogens is 1. The highest BCUT2D eigenvalue weighted by Gasteiger charge is 2.21. The Morgan fingerprint density at radius 3 is 2.78 bits per heavy atom. The molecule has 1 heterocycles. The second kappa shape index (κ2) is 2.39. The highest BCUT2D eigenvalue weighted by molar-refractivity contribution is 14.1. The van der Waals surface area contributed by atoms with Gasteiger partial charge in [-0.2, -0.15) is 10.4 Å². The molecule has 0 saturated carbocycles. The lowest BCUT2D eigenvalue weighted by atomic mass is 10.5. The van der Waals surface area contributed by atoms with E-state index in [0.717, 1.165) is 0 Å². The Morgan fingerprint density at radius 1 is 1.89 bits per heavy atom. The van der Waals surface area contributed by atoms with Crippen LogP contribution in [-0.2, 0) is 0 Å². The van der Waals surface area contributed by atoms with Crippen LogP contribution < -0.4 is 0 Å². The fourth-order valence-electron chi connectivity index (χ4n) is 0.555. The molecule has 0 fully saturated rings. The van der Waals surface area contributed by atoms with Gasteiger partial charge < -0.3 is 0 Å². The molecule has 1 atom stereocenters. The minimum Gasteiger partial charge on any atom is -0.267 e. The number of nitriles is 1. The van der Waals surface area contributed by atoms with Gasteiger partial charge in [0.25, 0.3) is 0 Å². The first kappa shape index (κ1) is 6.61. The first-order valence-electron chi connectivity index (χ1n) is 2.36. The molecule has 0 bridgehead atoms. The Morgan fingerprint density at radius 2 is 2.56 bits per heavy atom. The SMILES string of the molecule is CN1N=CN(I)C1C#N. The molecule has 0 amide bonds. The minimum atomic E-state index is -0.231. The van der Waals surface area contributed by atoms with Gasteiger partial charge in [-0.25, -0.2) is 0 Å². The van der Waals surface area contributed by atoms with Crippen LogP contribution in [0.3, 0.4) is 0 Å². The van der Waals surface area contributed by atoms with Crippen molar-refractivity contribution in [3.63, 3.8) is 0 Å². The molecule has 4 nitrogen and oxygen atoms in total. The van der Waals surface area contributed by atoms with Crippen molar-refractivity contribution in [1.29, 1.82) is 5.26 Å². The number of hydrogen-bond acceptors (Lipinski definition) is 4. The number of hydrazone groups is 1. The first-order chi connectivity index (χ1) is 4.25. The smallest absolute Gasteiger partial charge is 0.215 e. The fraction of sp³-hybridized carbons (Fsp3) is 0.500. The zero-order valence-corrected chi connectivity index (χ0v) is 6.98. The molecule has 0 aromatic carbocycles. The minimum absolute atomic E-state index is 0.231. The Hall–Kier alpha value is -0.510. The van der Waals surface area contributed by atoms with Gasteiger partial charge in [0, 0.05) is 7.05 Å². The topological polar surface area (TPSA) is 42.6 Å². The van der Waals surface area contributed by atoms with E-state index < -0.39 is 0 Å². The van der Waals surface area contributed by atoms with Gasteiger partial charge in [-0.1, -0.05) is 0 Å². The summed E-state index contributed by atoms with van der Waals surface area (Å²) in [4.78, 5) is 0. The van der Waals surface area contributed by atoms with Gasteiger partial charge in [-0.3, -0.25) is 8.12 Å². The second-order valence-electron chi connectivity index (χ2n) is 1.65. The van der Waals surface area contributed by atoms with E-state index in [1.54, 1.807) is 21.5 Å². The molecule has 0 saturated heterocycles. The Balaban J connectivity index is 2.66. The van der Waals surface area contributed by atoms with E-state index in [4.69, 9.17) is 5.26 Å². The summed E-state index contributed by atoms with van der Waals surface area (Å²) in [6, 6.07) is 2.08. The highest BCUT2D eigenvalue weighted by Crippen LogP contribution is 2.12. The molecule has 0 aromatic rings. The predicted octanol–water partition coefficient (Wildman–Crippen LogP) is 0.377. The van der Waals surface area contributed by atoms with E-state index in [9.17, 15) is 0 Å². The van der Waals surface area contributed by atoms with Crippen LogP contribution >= 0.6 is 22.9 Å². The largest absolute Gasteiger partial charge is 0.267 e. The molecule has 1 rings (SSSR count). The van der Waals surface area contributed by atoms with Gasteiger partial charge in [-0.05, 0) is 0 Å². The molecule has 0 radical (unpaired) electrons.